The third-order valence-electron chi connectivity index (χ3n) is 3.46. The smallest absolute Gasteiger partial charge is 0.526 e. The molecule has 2 nitrogen and oxygen atoms in total. The monoisotopic (exact) mass is 314 g/mol. The third-order valence-corrected chi connectivity index (χ3v) is 3.46. The van der Waals surface area contributed by atoms with Gasteiger partial charge in [-0.25, -0.2) is 0 Å². The molecular weight excluding hydrogens is 295 g/mol. The summed E-state index contributed by atoms with van der Waals surface area (Å²) in [7, 11) is -0.380. The fraction of sp³-hybridized carbons (Fsp3) is 0.0476. The molecule has 3 aromatic carbocycles. The lowest BCUT2D eigenvalue weighted by Crippen LogP contribution is -2.29. The number of hydrogen-bond donors (Lipinski definition) is 0. The molecule has 0 heterocycles. The van der Waals surface area contributed by atoms with Gasteiger partial charge < -0.3 is 9.31 Å². The summed E-state index contributed by atoms with van der Waals surface area (Å²) >= 11 is 0. The van der Waals surface area contributed by atoms with Crippen LogP contribution in [0.3, 0.4) is 0 Å². The molecule has 0 aliphatic carbocycles. The van der Waals surface area contributed by atoms with Crippen LogP contribution in [-0.2, 0) is 0 Å². The highest BCUT2D eigenvalue weighted by Gasteiger charge is 2.21. The highest BCUT2D eigenvalue weighted by atomic mass is 16.6. The maximum absolute atomic E-state index is 5.98. The van der Waals surface area contributed by atoms with Crippen LogP contribution in [0.1, 0.15) is 5.56 Å². The van der Waals surface area contributed by atoms with Gasteiger partial charge in [0.25, 0.3) is 0 Å². The first-order valence-electron chi connectivity index (χ1n) is 8.05. The summed E-state index contributed by atoms with van der Waals surface area (Å²) < 4.78 is 12.0. The SMILES string of the molecule is C(=Cc1ccccc1)CB(Oc1ccccc1)Oc1ccccc1. The third kappa shape index (κ3) is 5.06. The Balaban J connectivity index is 1.68. The van der Waals surface area contributed by atoms with Crippen LogP contribution in [0.4, 0.5) is 0 Å². The van der Waals surface area contributed by atoms with Crippen LogP contribution in [-0.4, -0.2) is 7.12 Å². The maximum Gasteiger partial charge on any atom is 0.598 e. The number of allylic oxidation sites excluding steroid dienone is 1. The highest BCUT2D eigenvalue weighted by molar-refractivity contribution is 6.47. The Bertz CT molecular complexity index is 701. The van der Waals surface area contributed by atoms with Gasteiger partial charge in [-0.05, 0) is 29.8 Å². The van der Waals surface area contributed by atoms with E-state index in [1.165, 1.54) is 0 Å². The van der Waals surface area contributed by atoms with Crippen molar-refractivity contribution in [2.45, 2.75) is 6.32 Å². The van der Waals surface area contributed by atoms with Crippen molar-refractivity contribution in [2.75, 3.05) is 0 Å². The summed E-state index contributed by atoms with van der Waals surface area (Å²) in [5.41, 5.74) is 1.16. The highest BCUT2D eigenvalue weighted by Crippen LogP contribution is 2.16. The van der Waals surface area contributed by atoms with Crippen molar-refractivity contribution in [3.05, 3.63) is 103 Å². The molecule has 0 atom stereocenters. The van der Waals surface area contributed by atoms with Gasteiger partial charge in [0.2, 0.25) is 0 Å². The Labute approximate surface area is 143 Å². The van der Waals surface area contributed by atoms with Gasteiger partial charge in [0, 0.05) is 6.32 Å². The van der Waals surface area contributed by atoms with Gasteiger partial charge in [-0.3, -0.25) is 0 Å². The van der Waals surface area contributed by atoms with Gasteiger partial charge in [-0.1, -0.05) is 78.9 Å². The lowest BCUT2D eigenvalue weighted by atomic mass is 9.83. The van der Waals surface area contributed by atoms with E-state index in [-0.39, 0.29) is 7.12 Å². The molecule has 24 heavy (non-hydrogen) atoms. The molecule has 0 aliphatic rings. The van der Waals surface area contributed by atoms with Crippen molar-refractivity contribution in [3.63, 3.8) is 0 Å². The standard InChI is InChI=1S/C21H19BO2/c1-4-11-19(12-5-1)13-10-18-22(23-20-14-6-2-7-15-20)24-21-16-8-3-9-17-21/h1-17H,18H2. The van der Waals surface area contributed by atoms with Crippen LogP contribution in [0.5, 0.6) is 11.5 Å². The first-order chi connectivity index (χ1) is 11.9. The van der Waals surface area contributed by atoms with Gasteiger partial charge in [0.1, 0.15) is 11.5 Å². The molecule has 118 valence electrons. The molecule has 0 fully saturated rings. The Morgan fingerprint density at radius 3 is 1.58 bits per heavy atom. The first-order valence-corrected chi connectivity index (χ1v) is 8.05. The van der Waals surface area contributed by atoms with Crippen LogP contribution in [0.2, 0.25) is 6.32 Å². The fourth-order valence-electron chi connectivity index (χ4n) is 2.30. The van der Waals surface area contributed by atoms with E-state index in [4.69, 9.17) is 9.31 Å². The molecule has 0 aromatic heterocycles. The minimum absolute atomic E-state index is 0.380. The van der Waals surface area contributed by atoms with Crippen molar-refractivity contribution in [3.8, 4) is 11.5 Å². The zero-order valence-electron chi connectivity index (χ0n) is 13.4. The van der Waals surface area contributed by atoms with E-state index >= 15 is 0 Å². The van der Waals surface area contributed by atoms with Crippen molar-refractivity contribution in [1.29, 1.82) is 0 Å². The normalized spacial score (nSPS) is 10.5. The number of benzene rings is 3. The molecule has 0 aliphatic heterocycles. The zero-order valence-corrected chi connectivity index (χ0v) is 13.4. The second-order valence-corrected chi connectivity index (χ2v) is 5.34. The molecule has 0 amide bonds. The molecule has 3 aromatic rings. The van der Waals surface area contributed by atoms with Crippen molar-refractivity contribution >= 4 is 13.2 Å². The minimum Gasteiger partial charge on any atom is -0.526 e. The van der Waals surface area contributed by atoms with Crippen LogP contribution >= 0.6 is 0 Å². The van der Waals surface area contributed by atoms with E-state index in [9.17, 15) is 0 Å². The van der Waals surface area contributed by atoms with E-state index < -0.39 is 0 Å². The predicted octanol–water partition coefficient (Wildman–Crippen LogP) is 5.35. The minimum atomic E-state index is -0.380. The summed E-state index contributed by atoms with van der Waals surface area (Å²) in [5, 5.41) is 0. The topological polar surface area (TPSA) is 18.5 Å². The van der Waals surface area contributed by atoms with Gasteiger partial charge >= 0.3 is 7.12 Å². The van der Waals surface area contributed by atoms with Gasteiger partial charge in [0.05, 0.1) is 0 Å². The fourth-order valence-corrected chi connectivity index (χ4v) is 2.30. The van der Waals surface area contributed by atoms with Crippen LogP contribution in [0, 0.1) is 0 Å². The molecule has 0 unspecified atom stereocenters. The summed E-state index contributed by atoms with van der Waals surface area (Å²) in [6.07, 6.45) is 4.81. The Morgan fingerprint density at radius 2 is 1.08 bits per heavy atom. The summed E-state index contributed by atoms with van der Waals surface area (Å²) in [6, 6.07) is 29.7. The van der Waals surface area contributed by atoms with Crippen LogP contribution < -0.4 is 9.31 Å². The quantitative estimate of drug-likeness (QED) is 0.548. The maximum atomic E-state index is 5.98. The van der Waals surface area contributed by atoms with E-state index in [0.29, 0.717) is 6.32 Å². The Kier molecular flexibility index (Phi) is 5.73. The van der Waals surface area contributed by atoms with Crippen LogP contribution in [0.15, 0.2) is 97.1 Å². The largest absolute Gasteiger partial charge is 0.598 e. The molecule has 3 rings (SSSR count). The summed E-state index contributed by atoms with van der Waals surface area (Å²) in [5.74, 6) is 1.60. The lowest BCUT2D eigenvalue weighted by Gasteiger charge is -2.15. The van der Waals surface area contributed by atoms with Crippen molar-refractivity contribution in [2.24, 2.45) is 0 Å². The van der Waals surface area contributed by atoms with Gasteiger partial charge in [0.15, 0.2) is 0 Å². The predicted molar refractivity (Wildman–Crippen MR) is 100 cm³/mol. The molecule has 0 saturated carbocycles. The van der Waals surface area contributed by atoms with Gasteiger partial charge in [-0.15, -0.1) is 0 Å². The van der Waals surface area contributed by atoms with Crippen molar-refractivity contribution in [1.82, 2.24) is 0 Å². The molecule has 0 saturated heterocycles. The van der Waals surface area contributed by atoms with Crippen molar-refractivity contribution < 1.29 is 9.31 Å². The first kappa shape index (κ1) is 15.9. The molecule has 0 bridgehead atoms. The molecule has 0 radical (unpaired) electrons. The van der Waals surface area contributed by atoms with E-state index in [0.717, 1.165) is 17.1 Å². The zero-order chi connectivity index (χ0) is 16.5. The summed E-state index contributed by atoms with van der Waals surface area (Å²) in [6.45, 7) is 0. The number of hydrogen-bond acceptors (Lipinski definition) is 2. The van der Waals surface area contributed by atoms with Crippen LogP contribution in [0.25, 0.3) is 6.08 Å². The Morgan fingerprint density at radius 1 is 0.625 bits per heavy atom. The summed E-state index contributed by atoms with van der Waals surface area (Å²) in [4.78, 5) is 0. The van der Waals surface area contributed by atoms with Gasteiger partial charge in [-0.2, -0.15) is 0 Å². The van der Waals surface area contributed by atoms with E-state index in [1.54, 1.807) is 0 Å². The molecule has 0 spiro atoms. The Hall–Kier alpha value is -2.94. The van der Waals surface area contributed by atoms with E-state index in [1.807, 2.05) is 78.9 Å². The second-order valence-electron chi connectivity index (χ2n) is 5.34. The molecule has 0 N–H and O–H groups in total. The average Bonchev–Trinajstić information content (AvgIpc) is 2.64. The molecular formula is C21H19BO2. The second kappa shape index (κ2) is 8.63. The van der Waals surface area contributed by atoms with E-state index in [2.05, 4.69) is 24.3 Å². The number of rotatable bonds is 7. The average molecular weight is 314 g/mol. The lowest BCUT2D eigenvalue weighted by molar-refractivity contribution is 0.426. The number of para-hydroxylation sites is 2. The molecule has 3 heteroatoms.